The van der Waals surface area contributed by atoms with Crippen molar-refractivity contribution in [3.8, 4) is 5.75 Å². The summed E-state index contributed by atoms with van der Waals surface area (Å²) in [6.07, 6.45) is 0. The molecule has 0 fully saturated rings. The number of pyridine rings is 1. The predicted octanol–water partition coefficient (Wildman–Crippen LogP) is 4.57. The number of ether oxygens (including phenoxy) is 1. The zero-order chi connectivity index (χ0) is 14.8. The first-order valence-corrected chi connectivity index (χ1v) is 7.87. The lowest BCUT2D eigenvalue weighted by Crippen LogP contribution is -1.85. The summed E-state index contributed by atoms with van der Waals surface area (Å²) >= 11 is 13.4. The fourth-order valence-corrected chi connectivity index (χ4v) is 3.23. The Labute approximate surface area is 135 Å². The highest BCUT2D eigenvalue weighted by molar-refractivity contribution is 7.98. The third-order valence-electron chi connectivity index (χ3n) is 2.87. The van der Waals surface area contributed by atoms with E-state index in [2.05, 4.69) is 15.0 Å². The van der Waals surface area contributed by atoms with Gasteiger partial charge in [-0.3, -0.25) is 0 Å². The number of thioether (sulfide) groups is 1. The van der Waals surface area contributed by atoms with Gasteiger partial charge in [-0.05, 0) is 29.8 Å². The van der Waals surface area contributed by atoms with Crippen molar-refractivity contribution in [3.05, 3.63) is 46.2 Å². The standard InChI is InChI=1S/C14H11Cl2N3OS/c1-20-9-2-3-10-11(6-9)18-14(17-10)21-7-8-4-12(15)19-13(16)5-8/h2-6H,7H2,1H3,(H,17,18). The van der Waals surface area contributed by atoms with Crippen LogP contribution < -0.4 is 4.74 Å². The van der Waals surface area contributed by atoms with E-state index >= 15 is 0 Å². The second-order valence-corrected chi connectivity index (χ2v) is 6.07. The number of benzene rings is 1. The van der Waals surface area contributed by atoms with Gasteiger partial charge in [0.25, 0.3) is 0 Å². The minimum atomic E-state index is 0.396. The number of nitrogens with one attached hydrogen (secondary N) is 1. The number of halogens is 2. The molecule has 2 aromatic heterocycles. The number of hydrogen-bond acceptors (Lipinski definition) is 4. The van der Waals surface area contributed by atoms with Crippen LogP contribution in [0, 0.1) is 0 Å². The highest BCUT2D eigenvalue weighted by Gasteiger charge is 2.06. The lowest BCUT2D eigenvalue weighted by atomic mass is 10.3. The van der Waals surface area contributed by atoms with E-state index in [1.807, 2.05) is 18.2 Å². The number of H-pyrrole nitrogens is 1. The van der Waals surface area contributed by atoms with E-state index in [-0.39, 0.29) is 0 Å². The Bertz CT molecular complexity index is 771. The van der Waals surface area contributed by atoms with Crippen LogP contribution in [-0.4, -0.2) is 22.1 Å². The van der Waals surface area contributed by atoms with E-state index in [4.69, 9.17) is 27.9 Å². The molecule has 1 aromatic carbocycles. The molecule has 0 aliphatic rings. The third-order valence-corrected chi connectivity index (χ3v) is 4.20. The van der Waals surface area contributed by atoms with Gasteiger partial charge in [0.2, 0.25) is 0 Å². The molecule has 0 amide bonds. The average molecular weight is 340 g/mol. The summed E-state index contributed by atoms with van der Waals surface area (Å²) in [4.78, 5) is 11.7. The highest BCUT2D eigenvalue weighted by Crippen LogP contribution is 2.26. The summed E-state index contributed by atoms with van der Waals surface area (Å²) < 4.78 is 5.20. The van der Waals surface area contributed by atoms with Crippen molar-refractivity contribution in [1.82, 2.24) is 15.0 Å². The Morgan fingerprint density at radius 1 is 1.14 bits per heavy atom. The molecule has 0 saturated carbocycles. The molecule has 0 spiro atoms. The summed E-state index contributed by atoms with van der Waals surface area (Å²) in [5, 5.41) is 1.63. The van der Waals surface area contributed by atoms with E-state index in [1.54, 1.807) is 31.0 Å². The van der Waals surface area contributed by atoms with Crippen LogP contribution in [0.5, 0.6) is 5.75 Å². The van der Waals surface area contributed by atoms with Crippen LogP contribution in [0.1, 0.15) is 5.56 Å². The molecule has 0 saturated heterocycles. The van der Waals surface area contributed by atoms with Gasteiger partial charge in [0.05, 0.1) is 18.1 Å². The predicted molar refractivity (Wildman–Crippen MR) is 86.5 cm³/mol. The Morgan fingerprint density at radius 3 is 2.62 bits per heavy atom. The fraction of sp³-hybridized carbons (Fsp3) is 0.143. The minimum absolute atomic E-state index is 0.396. The summed E-state index contributed by atoms with van der Waals surface area (Å²) in [5.41, 5.74) is 2.86. The van der Waals surface area contributed by atoms with Crippen molar-refractivity contribution in [2.45, 2.75) is 10.9 Å². The molecular formula is C14H11Cl2N3OS. The maximum atomic E-state index is 5.89. The molecule has 21 heavy (non-hydrogen) atoms. The van der Waals surface area contributed by atoms with Crippen molar-refractivity contribution in [2.24, 2.45) is 0 Å². The lowest BCUT2D eigenvalue weighted by molar-refractivity contribution is 0.415. The largest absolute Gasteiger partial charge is 0.497 e. The first kappa shape index (κ1) is 14.5. The number of imidazole rings is 1. The van der Waals surface area contributed by atoms with E-state index in [9.17, 15) is 0 Å². The number of nitrogens with zero attached hydrogens (tertiary/aromatic N) is 2. The quantitative estimate of drug-likeness (QED) is 0.558. The number of methoxy groups -OCH3 is 1. The monoisotopic (exact) mass is 339 g/mol. The number of hydrogen-bond donors (Lipinski definition) is 1. The number of aromatic amines is 1. The van der Waals surface area contributed by atoms with Crippen molar-refractivity contribution >= 4 is 46.0 Å². The molecule has 0 aliphatic heterocycles. The lowest BCUT2D eigenvalue weighted by Gasteiger charge is -2.00. The third kappa shape index (κ3) is 3.43. The van der Waals surface area contributed by atoms with Gasteiger partial charge in [-0.2, -0.15) is 0 Å². The Balaban J connectivity index is 1.78. The van der Waals surface area contributed by atoms with Crippen molar-refractivity contribution in [3.63, 3.8) is 0 Å². The van der Waals surface area contributed by atoms with E-state index in [0.29, 0.717) is 16.1 Å². The van der Waals surface area contributed by atoms with Crippen LogP contribution in [0.2, 0.25) is 10.3 Å². The second-order valence-electron chi connectivity index (χ2n) is 4.33. The van der Waals surface area contributed by atoms with Gasteiger partial charge in [-0.1, -0.05) is 35.0 Å². The molecular weight excluding hydrogens is 329 g/mol. The van der Waals surface area contributed by atoms with Gasteiger partial charge >= 0.3 is 0 Å². The maximum Gasteiger partial charge on any atom is 0.166 e. The topological polar surface area (TPSA) is 50.8 Å². The van der Waals surface area contributed by atoms with Crippen LogP contribution in [0.3, 0.4) is 0 Å². The zero-order valence-electron chi connectivity index (χ0n) is 11.1. The van der Waals surface area contributed by atoms with Crippen LogP contribution in [0.15, 0.2) is 35.5 Å². The number of fused-ring (bicyclic) bond motifs is 1. The normalized spacial score (nSPS) is 11.0. The van der Waals surface area contributed by atoms with E-state index in [1.165, 1.54) is 0 Å². The molecule has 0 bridgehead atoms. The molecule has 4 nitrogen and oxygen atoms in total. The van der Waals surface area contributed by atoms with Crippen molar-refractivity contribution < 1.29 is 4.74 Å². The van der Waals surface area contributed by atoms with E-state index in [0.717, 1.165) is 27.5 Å². The smallest absolute Gasteiger partial charge is 0.166 e. The fourth-order valence-electron chi connectivity index (χ4n) is 1.91. The summed E-state index contributed by atoms with van der Waals surface area (Å²) in [7, 11) is 1.64. The van der Waals surface area contributed by atoms with Gasteiger partial charge in [-0.15, -0.1) is 0 Å². The molecule has 108 valence electrons. The molecule has 0 radical (unpaired) electrons. The molecule has 0 aliphatic carbocycles. The van der Waals surface area contributed by atoms with Crippen LogP contribution in [0.25, 0.3) is 11.0 Å². The average Bonchev–Trinajstić information content (AvgIpc) is 2.85. The molecule has 3 rings (SSSR count). The van der Waals surface area contributed by atoms with Gasteiger partial charge in [-0.25, -0.2) is 9.97 Å². The molecule has 3 aromatic rings. The molecule has 2 heterocycles. The number of aromatic nitrogens is 3. The van der Waals surface area contributed by atoms with Crippen molar-refractivity contribution in [1.29, 1.82) is 0 Å². The van der Waals surface area contributed by atoms with Gasteiger partial charge in [0.1, 0.15) is 16.1 Å². The first-order valence-electron chi connectivity index (χ1n) is 6.12. The SMILES string of the molecule is COc1ccc2nc(SCc3cc(Cl)nc(Cl)c3)[nH]c2c1. The van der Waals surface area contributed by atoms with Crippen LogP contribution >= 0.6 is 35.0 Å². The Hall–Kier alpha value is -1.43. The number of rotatable bonds is 4. The summed E-state index contributed by atoms with van der Waals surface area (Å²) in [5.74, 6) is 1.51. The first-order chi connectivity index (χ1) is 10.1. The van der Waals surface area contributed by atoms with Crippen LogP contribution in [-0.2, 0) is 5.75 Å². The zero-order valence-corrected chi connectivity index (χ0v) is 13.4. The van der Waals surface area contributed by atoms with Gasteiger partial charge in [0, 0.05) is 11.8 Å². The van der Waals surface area contributed by atoms with Crippen LogP contribution in [0.4, 0.5) is 0 Å². The highest BCUT2D eigenvalue weighted by atomic mass is 35.5. The Kier molecular flexibility index (Phi) is 4.24. The molecule has 0 atom stereocenters. The minimum Gasteiger partial charge on any atom is -0.497 e. The van der Waals surface area contributed by atoms with Gasteiger partial charge < -0.3 is 9.72 Å². The van der Waals surface area contributed by atoms with Gasteiger partial charge in [0.15, 0.2) is 5.16 Å². The van der Waals surface area contributed by atoms with Crippen molar-refractivity contribution in [2.75, 3.05) is 7.11 Å². The molecule has 1 N–H and O–H groups in total. The summed E-state index contributed by atoms with van der Waals surface area (Å²) in [6.45, 7) is 0. The Morgan fingerprint density at radius 2 is 1.90 bits per heavy atom. The maximum absolute atomic E-state index is 5.89. The second kappa shape index (κ2) is 6.13. The molecule has 0 unspecified atom stereocenters. The van der Waals surface area contributed by atoms with E-state index < -0.39 is 0 Å². The summed E-state index contributed by atoms with van der Waals surface area (Å²) in [6, 6.07) is 9.33. The molecule has 7 heteroatoms.